The Labute approximate surface area is 141 Å². The molecule has 3 heterocycles. The highest BCUT2D eigenvalue weighted by molar-refractivity contribution is 7.51. The monoisotopic (exact) mass is 375 g/mol. The fourth-order valence-corrected chi connectivity index (χ4v) is 3.45. The Morgan fingerprint density at radius 3 is 2.92 bits per heavy atom. The van der Waals surface area contributed by atoms with Crippen LogP contribution in [0.15, 0.2) is 11.1 Å². The number of nitrogens with two attached hydrogens (primary N) is 1. The maximum Gasteiger partial charge on any atom is 0.325 e. The molecule has 2 aromatic heterocycles. The summed E-state index contributed by atoms with van der Waals surface area (Å²) in [5, 5.41) is 10.5. The number of nitrogens with one attached hydrogen (secondary N) is 1. The molecule has 0 radical (unpaired) electrons. The SMILES string of the molecule is COC[C@H]1O[C@@H](n2cnc3c(=O)[nH]c(N)nc32)C(O)C1O[P@@](C)(=O)O. The van der Waals surface area contributed by atoms with Gasteiger partial charge in [-0.25, -0.2) is 4.98 Å². The Kier molecular flexibility index (Phi) is 4.66. The average Bonchev–Trinajstić information content (AvgIpc) is 3.02. The van der Waals surface area contributed by atoms with Gasteiger partial charge in [-0.1, -0.05) is 0 Å². The number of fused-ring (bicyclic) bond motifs is 1. The van der Waals surface area contributed by atoms with Gasteiger partial charge >= 0.3 is 7.60 Å². The van der Waals surface area contributed by atoms with E-state index in [1.165, 1.54) is 18.0 Å². The summed E-state index contributed by atoms with van der Waals surface area (Å²) < 4.78 is 28.7. The normalized spacial score (nSPS) is 29.1. The van der Waals surface area contributed by atoms with Crippen LogP contribution in [0.1, 0.15) is 6.23 Å². The van der Waals surface area contributed by atoms with Gasteiger partial charge in [0.1, 0.15) is 18.3 Å². The summed E-state index contributed by atoms with van der Waals surface area (Å²) in [5.41, 5.74) is 5.12. The zero-order valence-corrected chi connectivity index (χ0v) is 14.3. The molecule has 1 saturated heterocycles. The highest BCUT2D eigenvalue weighted by atomic mass is 31.2. The third-order valence-electron chi connectivity index (χ3n) is 3.68. The van der Waals surface area contributed by atoms with Gasteiger partial charge in [0, 0.05) is 13.8 Å². The van der Waals surface area contributed by atoms with Crippen LogP contribution in [0.4, 0.5) is 5.95 Å². The third-order valence-corrected chi connectivity index (χ3v) is 4.32. The number of hydrogen-bond acceptors (Lipinski definition) is 9. The lowest BCUT2D eigenvalue weighted by Gasteiger charge is -2.21. The van der Waals surface area contributed by atoms with E-state index in [4.69, 9.17) is 19.7 Å². The summed E-state index contributed by atoms with van der Waals surface area (Å²) in [6.07, 6.45) is -3.07. The van der Waals surface area contributed by atoms with E-state index in [0.29, 0.717) is 0 Å². The Balaban J connectivity index is 2.00. The van der Waals surface area contributed by atoms with Crippen LogP contribution < -0.4 is 11.3 Å². The van der Waals surface area contributed by atoms with Crippen molar-refractivity contribution in [2.75, 3.05) is 26.1 Å². The van der Waals surface area contributed by atoms with Crippen LogP contribution in [0.2, 0.25) is 0 Å². The van der Waals surface area contributed by atoms with Gasteiger partial charge in [0.05, 0.1) is 12.9 Å². The lowest BCUT2D eigenvalue weighted by Crippen LogP contribution is -2.35. The van der Waals surface area contributed by atoms with Crippen LogP contribution in [0.5, 0.6) is 0 Å². The minimum atomic E-state index is -3.89. The van der Waals surface area contributed by atoms with Crippen molar-refractivity contribution < 1.29 is 28.6 Å². The molecule has 1 fully saturated rings. The Hall–Kier alpha value is -1.82. The van der Waals surface area contributed by atoms with Gasteiger partial charge in [0.2, 0.25) is 5.95 Å². The first-order valence-corrected chi connectivity index (χ1v) is 9.27. The molecule has 1 aliphatic heterocycles. The molecule has 5 N–H and O–H groups in total. The second kappa shape index (κ2) is 6.48. The van der Waals surface area contributed by atoms with Crippen LogP contribution in [-0.4, -0.2) is 68.2 Å². The molecule has 0 saturated carbocycles. The molecule has 2 unspecified atom stereocenters. The van der Waals surface area contributed by atoms with Crippen molar-refractivity contribution in [3.63, 3.8) is 0 Å². The fraction of sp³-hybridized carbons (Fsp3) is 0.583. The van der Waals surface area contributed by atoms with Gasteiger partial charge in [0.25, 0.3) is 5.56 Å². The van der Waals surface area contributed by atoms with E-state index in [9.17, 15) is 19.4 Å². The van der Waals surface area contributed by atoms with E-state index in [-0.39, 0.29) is 23.7 Å². The van der Waals surface area contributed by atoms with Crippen LogP contribution in [0.25, 0.3) is 11.2 Å². The van der Waals surface area contributed by atoms with E-state index in [1.54, 1.807) is 0 Å². The fourth-order valence-electron chi connectivity index (χ4n) is 2.73. The van der Waals surface area contributed by atoms with Gasteiger partial charge in [0.15, 0.2) is 17.4 Å². The second-order valence-electron chi connectivity index (χ2n) is 5.66. The van der Waals surface area contributed by atoms with E-state index >= 15 is 0 Å². The van der Waals surface area contributed by atoms with Crippen LogP contribution in [0, 0.1) is 0 Å². The summed E-state index contributed by atoms with van der Waals surface area (Å²) in [4.78, 5) is 31.6. The van der Waals surface area contributed by atoms with E-state index in [1.807, 2.05) is 0 Å². The molecule has 0 spiro atoms. The molecule has 5 atom stereocenters. The maximum atomic E-state index is 11.9. The predicted molar refractivity (Wildman–Crippen MR) is 85.0 cm³/mol. The Morgan fingerprint density at radius 2 is 2.28 bits per heavy atom. The van der Waals surface area contributed by atoms with Crippen LogP contribution >= 0.6 is 7.60 Å². The van der Waals surface area contributed by atoms with Gasteiger partial charge in [-0.05, 0) is 0 Å². The molecule has 0 bridgehead atoms. The number of imidazole rings is 1. The number of aliphatic hydroxyl groups is 1. The minimum Gasteiger partial charge on any atom is -0.386 e. The summed E-state index contributed by atoms with van der Waals surface area (Å²) in [5.74, 6) is -0.124. The number of hydrogen-bond donors (Lipinski definition) is 4. The Morgan fingerprint density at radius 1 is 1.56 bits per heavy atom. The number of methoxy groups -OCH3 is 1. The number of H-pyrrole nitrogens is 1. The topological polar surface area (TPSA) is 175 Å². The summed E-state index contributed by atoms with van der Waals surface area (Å²) >= 11 is 0. The summed E-state index contributed by atoms with van der Waals surface area (Å²) in [7, 11) is -2.48. The molecule has 13 heteroatoms. The largest absolute Gasteiger partial charge is 0.386 e. The predicted octanol–water partition coefficient (Wildman–Crippen LogP) is -1.19. The average molecular weight is 375 g/mol. The van der Waals surface area contributed by atoms with Crippen molar-refractivity contribution in [1.82, 2.24) is 19.5 Å². The molecule has 12 nitrogen and oxygen atoms in total. The zero-order chi connectivity index (χ0) is 18.4. The number of anilines is 1. The molecule has 3 rings (SSSR count). The number of aromatic nitrogens is 4. The first-order valence-electron chi connectivity index (χ1n) is 7.24. The molecule has 0 aromatic carbocycles. The number of nitrogens with zero attached hydrogens (tertiary/aromatic N) is 3. The van der Waals surface area contributed by atoms with Crippen molar-refractivity contribution in [2.45, 2.75) is 24.5 Å². The summed E-state index contributed by atoms with van der Waals surface area (Å²) in [6, 6.07) is 0. The maximum absolute atomic E-state index is 11.9. The lowest BCUT2D eigenvalue weighted by atomic mass is 10.1. The molecule has 2 aromatic rings. The van der Waals surface area contributed by atoms with Crippen molar-refractivity contribution in [3.05, 3.63) is 16.7 Å². The van der Waals surface area contributed by atoms with E-state index < -0.39 is 37.7 Å². The van der Waals surface area contributed by atoms with Crippen LogP contribution in [-0.2, 0) is 18.6 Å². The van der Waals surface area contributed by atoms with Crippen molar-refractivity contribution >= 4 is 24.7 Å². The highest BCUT2D eigenvalue weighted by Gasteiger charge is 2.48. The molecule has 1 aliphatic rings. The number of aromatic amines is 1. The molecular weight excluding hydrogens is 357 g/mol. The number of aliphatic hydroxyl groups excluding tert-OH is 1. The summed E-state index contributed by atoms with van der Waals surface area (Å²) in [6.45, 7) is 1.02. The molecule has 25 heavy (non-hydrogen) atoms. The highest BCUT2D eigenvalue weighted by Crippen LogP contribution is 2.44. The second-order valence-corrected chi connectivity index (χ2v) is 7.48. The van der Waals surface area contributed by atoms with Gasteiger partial charge in [-0.3, -0.25) is 23.4 Å². The molecular formula is C12H18N5O7P. The van der Waals surface area contributed by atoms with E-state index in [2.05, 4.69) is 15.0 Å². The Bertz CT molecular complexity index is 876. The third kappa shape index (κ3) is 3.45. The standard InChI is InChI=1S/C12H18N5O7P/c1-22-3-5-8(24-25(2,20)21)7(18)11(23-5)17-4-14-6-9(17)15-12(13)16-10(6)19/h4-5,7-8,11,18H,3H2,1-2H3,(H,20,21)(H3,13,15,16,19)/t5-,7?,8?,11-/m1/s1. The van der Waals surface area contributed by atoms with Gasteiger partial charge < -0.3 is 25.2 Å². The first kappa shape index (κ1) is 18.0. The quantitative estimate of drug-likeness (QED) is 0.465. The molecule has 0 amide bonds. The van der Waals surface area contributed by atoms with E-state index in [0.717, 1.165) is 6.66 Å². The minimum absolute atomic E-state index is 0.0148. The number of ether oxygens (including phenoxy) is 2. The molecule has 138 valence electrons. The van der Waals surface area contributed by atoms with Crippen molar-refractivity contribution in [3.8, 4) is 0 Å². The van der Waals surface area contributed by atoms with Crippen molar-refractivity contribution in [1.29, 1.82) is 0 Å². The van der Waals surface area contributed by atoms with Crippen LogP contribution in [0.3, 0.4) is 0 Å². The zero-order valence-electron chi connectivity index (χ0n) is 13.4. The molecule has 0 aliphatic carbocycles. The first-order chi connectivity index (χ1) is 11.7. The van der Waals surface area contributed by atoms with Gasteiger partial charge in [-0.2, -0.15) is 4.98 Å². The number of rotatable bonds is 5. The smallest absolute Gasteiger partial charge is 0.325 e. The van der Waals surface area contributed by atoms with Crippen molar-refractivity contribution in [2.24, 2.45) is 0 Å². The van der Waals surface area contributed by atoms with Gasteiger partial charge in [-0.15, -0.1) is 0 Å². The number of nitrogen functional groups attached to an aromatic ring is 1. The lowest BCUT2D eigenvalue weighted by molar-refractivity contribution is -0.0571.